The van der Waals surface area contributed by atoms with Gasteiger partial charge in [-0.05, 0) is 18.6 Å². The van der Waals surface area contributed by atoms with E-state index >= 15 is 0 Å². The lowest BCUT2D eigenvalue weighted by Crippen LogP contribution is -2.30. The van der Waals surface area contributed by atoms with Crippen molar-refractivity contribution in [3.63, 3.8) is 0 Å². The Kier molecular flexibility index (Phi) is 7.01. The van der Waals surface area contributed by atoms with Crippen LogP contribution in [0.5, 0.6) is 0 Å². The van der Waals surface area contributed by atoms with Crippen LogP contribution in [0.15, 0.2) is 24.3 Å². The van der Waals surface area contributed by atoms with Crippen LogP contribution in [0.25, 0.3) is 0 Å². The Morgan fingerprint density at radius 2 is 1.90 bits per heavy atom. The molecule has 0 aliphatic heterocycles. The third-order valence-electron chi connectivity index (χ3n) is 2.40. The van der Waals surface area contributed by atoms with Crippen LogP contribution in [0.2, 0.25) is 0 Å². The van der Waals surface area contributed by atoms with Crippen molar-refractivity contribution in [2.45, 2.75) is 18.9 Å². The van der Waals surface area contributed by atoms with Crippen molar-refractivity contribution in [3.8, 4) is 0 Å². The summed E-state index contributed by atoms with van der Waals surface area (Å²) in [6.45, 7) is 0. The summed E-state index contributed by atoms with van der Waals surface area (Å²) in [6.07, 6.45) is -0.0153. The molecule has 0 bridgehead atoms. The molecular formula is C11H14ClN3O5. The number of carbonyl (C=O) groups is 2. The number of rotatable bonds is 7. The molecule has 0 heterocycles. The maximum Gasteiger partial charge on any atom is 0.326 e. The number of carboxylic acid groups (broad SMARTS) is 1. The molecule has 0 aliphatic rings. The van der Waals surface area contributed by atoms with E-state index in [0.717, 1.165) is 0 Å². The molecule has 0 unspecified atom stereocenters. The number of benzene rings is 1. The second-order valence-corrected chi connectivity index (χ2v) is 3.84. The summed E-state index contributed by atoms with van der Waals surface area (Å²) < 4.78 is 0. The summed E-state index contributed by atoms with van der Waals surface area (Å²) in [4.78, 5) is 31.5. The molecule has 0 fully saturated rings. The quantitative estimate of drug-likeness (QED) is 0.510. The summed E-state index contributed by atoms with van der Waals surface area (Å²) >= 11 is 0. The van der Waals surface area contributed by atoms with Crippen LogP contribution in [-0.2, 0) is 9.59 Å². The molecule has 1 aromatic rings. The topological polar surface area (TPSA) is 136 Å². The van der Waals surface area contributed by atoms with Crippen molar-refractivity contribution in [2.75, 3.05) is 5.32 Å². The normalized spacial score (nSPS) is 11.0. The average molecular weight is 304 g/mol. The molecule has 9 heteroatoms. The van der Waals surface area contributed by atoms with Crippen molar-refractivity contribution >= 4 is 35.7 Å². The molecular weight excluding hydrogens is 290 g/mol. The number of amides is 1. The van der Waals surface area contributed by atoms with Gasteiger partial charge >= 0.3 is 5.97 Å². The highest BCUT2D eigenvalue weighted by atomic mass is 35.5. The lowest BCUT2D eigenvalue weighted by Gasteiger charge is -2.14. The molecule has 0 radical (unpaired) electrons. The van der Waals surface area contributed by atoms with Gasteiger partial charge in [-0.15, -0.1) is 12.4 Å². The first-order valence-electron chi connectivity index (χ1n) is 5.42. The predicted molar refractivity (Wildman–Crippen MR) is 73.8 cm³/mol. The number of nitro benzene ring substituents is 1. The Hall–Kier alpha value is -2.35. The molecule has 0 spiro atoms. The fourth-order valence-corrected chi connectivity index (χ4v) is 1.42. The first kappa shape index (κ1) is 17.6. The van der Waals surface area contributed by atoms with Gasteiger partial charge in [-0.3, -0.25) is 14.9 Å². The highest BCUT2D eigenvalue weighted by molar-refractivity contribution is 5.85. The van der Waals surface area contributed by atoms with Gasteiger partial charge in [0, 0.05) is 24.2 Å². The van der Waals surface area contributed by atoms with Gasteiger partial charge in [0.2, 0.25) is 5.91 Å². The van der Waals surface area contributed by atoms with E-state index in [1.54, 1.807) is 0 Å². The Morgan fingerprint density at radius 1 is 1.35 bits per heavy atom. The van der Waals surface area contributed by atoms with E-state index in [9.17, 15) is 19.7 Å². The highest BCUT2D eigenvalue weighted by Crippen LogP contribution is 2.17. The second kappa shape index (κ2) is 7.95. The maximum absolute atomic E-state index is 11.0. The fraction of sp³-hybridized carbons (Fsp3) is 0.273. The number of nitro groups is 1. The van der Waals surface area contributed by atoms with Crippen molar-refractivity contribution in [1.82, 2.24) is 0 Å². The van der Waals surface area contributed by atoms with Gasteiger partial charge in [0.15, 0.2) is 0 Å². The fourth-order valence-electron chi connectivity index (χ4n) is 1.42. The van der Waals surface area contributed by atoms with Crippen LogP contribution in [0.1, 0.15) is 12.8 Å². The number of nitrogens with two attached hydrogens (primary N) is 1. The number of halogens is 1. The highest BCUT2D eigenvalue weighted by Gasteiger charge is 2.18. The number of nitrogens with one attached hydrogen (secondary N) is 1. The molecule has 0 aromatic heterocycles. The number of carboxylic acids is 1. The van der Waals surface area contributed by atoms with E-state index in [2.05, 4.69) is 5.32 Å². The van der Waals surface area contributed by atoms with Crippen LogP contribution < -0.4 is 11.1 Å². The van der Waals surface area contributed by atoms with Crippen LogP contribution in [-0.4, -0.2) is 27.9 Å². The second-order valence-electron chi connectivity index (χ2n) is 3.84. The molecule has 110 valence electrons. The first-order chi connectivity index (χ1) is 8.90. The number of aliphatic carboxylic acids is 1. The van der Waals surface area contributed by atoms with E-state index in [0.29, 0.717) is 5.69 Å². The number of non-ortho nitro benzene ring substituents is 1. The summed E-state index contributed by atoms with van der Waals surface area (Å²) in [5, 5.41) is 22.1. The molecule has 1 aromatic carbocycles. The van der Waals surface area contributed by atoms with Gasteiger partial charge in [0.05, 0.1) is 4.92 Å². The number of carbonyl (C=O) groups excluding carboxylic acids is 1. The van der Waals surface area contributed by atoms with E-state index in [4.69, 9.17) is 10.8 Å². The largest absolute Gasteiger partial charge is 0.480 e. The molecule has 0 saturated heterocycles. The van der Waals surface area contributed by atoms with E-state index in [-0.39, 0.29) is 30.9 Å². The van der Waals surface area contributed by atoms with Crippen molar-refractivity contribution < 1.29 is 19.6 Å². The molecule has 20 heavy (non-hydrogen) atoms. The molecule has 1 atom stereocenters. The average Bonchev–Trinajstić information content (AvgIpc) is 2.34. The Labute approximate surface area is 120 Å². The van der Waals surface area contributed by atoms with Gasteiger partial charge in [-0.1, -0.05) is 0 Å². The number of hydrogen-bond donors (Lipinski definition) is 3. The van der Waals surface area contributed by atoms with Gasteiger partial charge in [0.25, 0.3) is 5.69 Å². The van der Waals surface area contributed by atoms with Gasteiger partial charge in [-0.2, -0.15) is 0 Å². The van der Waals surface area contributed by atoms with Crippen molar-refractivity contribution in [2.24, 2.45) is 5.73 Å². The molecule has 4 N–H and O–H groups in total. The van der Waals surface area contributed by atoms with Crippen molar-refractivity contribution in [1.29, 1.82) is 0 Å². The van der Waals surface area contributed by atoms with Gasteiger partial charge in [0.1, 0.15) is 6.04 Å². The summed E-state index contributed by atoms with van der Waals surface area (Å²) in [6, 6.07) is 4.34. The van der Waals surface area contributed by atoms with E-state index in [1.807, 2.05) is 0 Å². The minimum absolute atomic E-state index is 0. The van der Waals surface area contributed by atoms with Gasteiger partial charge < -0.3 is 16.2 Å². The number of primary amides is 1. The first-order valence-corrected chi connectivity index (χ1v) is 5.42. The Balaban J connectivity index is 0.00000361. The van der Waals surface area contributed by atoms with E-state index in [1.165, 1.54) is 24.3 Å². The summed E-state index contributed by atoms with van der Waals surface area (Å²) in [7, 11) is 0. The molecule has 8 nitrogen and oxygen atoms in total. The lowest BCUT2D eigenvalue weighted by atomic mass is 10.1. The van der Waals surface area contributed by atoms with E-state index < -0.39 is 22.8 Å². The van der Waals surface area contributed by atoms with Crippen LogP contribution in [0, 0.1) is 10.1 Å². The summed E-state index contributed by atoms with van der Waals surface area (Å²) in [5.41, 5.74) is 5.28. The zero-order valence-corrected chi connectivity index (χ0v) is 11.1. The number of hydrogen-bond acceptors (Lipinski definition) is 5. The van der Waals surface area contributed by atoms with Crippen LogP contribution in [0.4, 0.5) is 11.4 Å². The summed E-state index contributed by atoms with van der Waals surface area (Å²) in [5.74, 6) is -1.71. The minimum Gasteiger partial charge on any atom is -0.480 e. The Bertz CT molecular complexity index is 491. The SMILES string of the molecule is Cl.NC(=O)CC[C@H](Nc1ccc([N+](=O)[O-])cc1)C(=O)O. The zero-order valence-electron chi connectivity index (χ0n) is 10.3. The third kappa shape index (κ3) is 5.53. The molecule has 1 rings (SSSR count). The maximum atomic E-state index is 11.0. The standard InChI is InChI=1S/C11H13N3O5.ClH/c12-10(15)6-5-9(11(16)17)13-7-1-3-8(4-2-7)14(18)19;/h1-4,9,13H,5-6H2,(H2,12,15)(H,16,17);1H/t9-;/m0./s1. The van der Waals surface area contributed by atoms with Crippen LogP contribution in [0.3, 0.4) is 0 Å². The zero-order chi connectivity index (χ0) is 14.4. The monoisotopic (exact) mass is 303 g/mol. The number of anilines is 1. The molecule has 1 amide bonds. The molecule has 0 saturated carbocycles. The smallest absolute Gasteiger partial charge is 0.326 e. The third-order valence-corrected chi connectivity index (χ3v) is 2.40. The van der Waals surface area contributed by atoms with Crippen molar-refractivity contribution in [3.05, 3.63) is 34.4 Å². The predicted octanol–water partition coefficient (Wildman–Crippen LogP) is 1.15. The number of nitrogens with zero attached hydrogens (tertiary/aromatic N) is 1. The van der Waals surface area contributed by atoms with Crippen LogP contribution >= 0.6 is 12.4 Å². The molecule has 0 aliphatic carbocycles. The Morgan fingerprint density at radius 3 is 2.30 bits per heavy atom. The lowest BCUT2D eigenvalue weighted by molar-refractivity contribution is -0.384. The minimum atomic E-state index is -1.13. The van der Waals surface area contributed by atoms with Gasteiger partial charge in [-0.25, -0.2) is 4.79 Å².